The van der Waals surface area contributed by atoms with Crippen LogP contribution in [0.25, 0.3) is 0 Å². The minimum absolute atomic E-state index is 0.111. The maximum absolute atomic E-state index is 11.7. The molecule has 0 fully saturated rings. The van der Waals surface area contributed by atoms with Gasteiger partial charge in [0.05, 0.1) is 0 Å². The van der Waals surface area contributed by atoms with Crippen LogP contribution in [-0.2, 0) is 13.0 Å². The molecule has 21 heavy (non-hydrogen) atoms. The number of nitrogens with zero attached hydrogens (tertiary/aromatic N) is 1. The number of benzene rings is 1. The van der Waals surface area contributed by atoms with E-state index < -0.39 is 0 Å². The first kappa shape index (κ1) is 16.1. The van der Waals surface area contributed by atoms with Crippen LogP contribution in [0.2, 0.25) is 5.02 Å². The first-order valence-corrected chi connectivity index (χ1v) is 8.03. The summed E-state index contributed by atoms with van der Waals surface area (Å²) in [6.07, 6.45) is 1.77. The number of hydrogen-bond donors (Lipinski definition) is 2. The van der Waals surface area contributed by atoms with Gasteiger partial charge in [-0.15, -0.1) is 0 Å². The zero-order valence-corrected chi connectivity index (χ0v) is 13.6. The van der Waals surface area contributed by atoms with Crippen LogP contribution in [0, 0.1) is 0 Å². The second-order valence-corrected chi connectivity index (χ2v) is 6.14. The number of aromatic nitrogens is 2. The molecule has 0 amide bonds. The largest absolute Gasteiger partial charge is 0.316 e. The number of halogens is 1. The van der Waals surface area contributed by atoms with E-state index in [9.17, 15) is 4.79 Å². The molecule has 0 spiro atoms. The predicted octanol–water partition coefficient (Wildman–Crippen LogP) is 3.25. The Morgan fingerprint density at radius 2 is 2.19 bits per heavy atom. The third kappa shape index (κ3) is 4.59. The number of H-pyrrole nitrogens is 1. The summed E-state index contributed by atoms with van der Waals surface area (Å²) in [6, 6.07) is 7.28. The fourth-order valence-electron chi connectivity index (χ4n) is 2.00. The summed E-state index contributed by atoms with van der Waals surface area (Å²) in [5.74, 6) is 0. The van der Waals surface area contributed by atoms with Crippen molar-refractivity contribution in [3.05, 3.63) is 50.9 Å². The minimum Gasteiger partial charge on any atom is -0.316 e. The molecule has 6 heteroatoms. The average Bonchev–Trinajstić information content (AvgIpc) is 2.42. The summed E-state index contributed by atoms with van der Waals surface area (Å²) in [7, 11) is 1.89. The Labute approximate surface area is 133 Å². The second kappa shape index (κ2) is 7.64. The van der Waals surface area contributed by atoms with Crippen LogP contribution in [0.15, 0.2) is 39.1 Å². The summed E-state index contributed by atoms with van der Waals surface area (Å²) in [4.78, 5) is 20.0. The third-order valence-electron chi connectivity index (χ3n) is 2.88. The van der Waals surface area contributed by atoms with Gasteiger partial charge in [0, 0.05) is 28.2 Å². The molecule has 0 atom stereocenters. The lowest BCUT2D eigenvalue weighted by Crippen LogP contribution is -2.10. The van der Waals surface area contributed by atoms with E-state index in [0.717, 1.165) is 29.0 Å². The van der Waals surface area contributed by atoms with Crippen molar-refractivity contribution in [2.45, 2.75) is 36.4 Å². The first-order chi connectivity index (χ1) is 10.1. The lowest BCUT2D eigenvalue weighted by molar-refractivity contribution is 0.799. The van der Waals surface area contributed by atoms with Gasteiger partial charge in [-0.1, -0.05) is 36.7 Å². The van der Waals surface area contributed by atoms with E-state index in [-0.39, 0.29) is 5.56 Å². The van der Waals surface area contributed by atoms with Crippen LogP contribution in [0.4, 0.5) is 0 Å². The topological polar surface area (TPSA) is 57.8 Å². The molecule has 0 saturated heterocycles. The molecule has 0 aliphatic rings. The lowest BCUT2D eigenvalue weighted by atomic mass is 10.2. The monoisotopic (exact) mass is 323 g/mol. The summed E-state index contributed by atoms with van der Waals surface area (Å²) in [6.45, 7) is 2.78. The molecular weight excluding hydrogens is 306 g/mol. The predicted molar refractivity (Wildman–Crippen MR) is 87.2 cm³/mol. The molecule has 1 aromatic heterocycles. The molecule has 0 aliphatic carbocycles. The van der Waals surface area contributed by atoms with E-state index in [1.807, 2.05) is 25.2 Å². The van der Waals surface area contributed by atoms with Crippen molar-refractivity contribution < 1.29 is 0 Å². The van der Waals surface area contributed by atoms with E-state index in [1.54, 1.807) is 6.07 Å². The number of rotatable bonds is 6. The van der Waals surface area contributed by atoms with Gasteiger partial charge in [0.2, 0.25) is 0 Å². The molecule has 0 aliphatic heterocycles. The number of aromatic amines is 1. The van der Waals surface area contributed by atoms with Crippen molar-refractivity contribution in [1.29, 1.82) is 0 Å². The van der Waals surface area contributed by atoms with Crippen LogP contribution in [0.3, 0.4) is 0 Å². The van der Waals surface area contributed by atoms with Crippen molar-refractivity contribution in [2.75, 3.05) is 7.05 Å². The Kier molecular flexibility index (Phi) is 5.85. The Morgan fingerprint density at radius 3 is 2.90 bits per heavy atom. The Hall–Kier alpha value is -1.30. The molecule has 0 radical (unpaired) electrons. The highest BCUT2D eigenvalue weighted by molar-refractivity contribution is 7.99. The van der Waals surface area contributed by atoms with E-state index in [1.165, 1.54) is 11.8 Å². The first-order valence-electron chi connectivity index (χ1n) is 6.83. The molecule has 0 saturated carbocycles. The standard InChI is InChI=1S/C15H18ClN3OS/c1-3-4-12-8-14(20)19-15(18-12)21-13-6-5-11(16)7-10(13)9-17-2/h5-8,17H,3-4,9H2,1-2H3,(H,18,19,20). The highest BCUT2D eigenvalue weighted by Crippen LogP contribution is 2.29. The van der Waals surface area contributed by atoms with E-state index in [2.05, 4.69) is 22.2 Å². The van der Waals surface area contributed by atoms with Gasteiger partial charge in [-0.3, -0.25) is 4.79 Å². The van der Waals surface area contributed by atoms with Gasteiger partial charge < -0.3 is 10.3 Å². The van der Waals surface area contributed by atoms with Gasteiger partial charge in [0.15, 0.2) is 5.16 Å². The quantitative estimate of drug-likeness (QED) is 0.801. The van der Waals surface area contributed by atoms with Crippen molar-refractivity contribution >= 4 is 23.4 Å². The lowest BCUT2D eigenvalue weighted by Gasteiger charge is -2.09. The van der Waals surface area contributed by atoms with Crippen molar-refractivity contribution in [3.63, 3.8) is 0 Å². The van der Waals surface area contributed by atoms with Crippen LogP contribution >= 0.6 is 23.4 Å². The normalized spacial score (nSPS) is 10.8. The zero-order chi connectivity index (χ0) is 15.2. The zero-order valence-electron chi connectivity index (χ0n) is 12.1. The van der Waals surface area contributed by atoms with Gasteiger partial charge in [0.25, 0.3) is 5.56 Å². The van der Waals surface area contributed by atoms with Crippen LogP contribution in [0.5, 0.6) is 0 Å². The van der Waals surface area contributed by atoms with Gasteiger partial charge in [-0.05, 0) is 37.2 Å². The van der Waals surface area contributed by atoms with Crippen LogP contribution < -0.4 is 10.9 Å². The number of aryl methyl sites for hydroxylation is 1. The minimum atomic E-state index is -0.111. The maximum atomic E-state index is 11.7. The Morgan fingerprint density at radius 1 is 1.38 bits per heavy atom. The highest BCUT2D eigenvalue weighted by atomic mass is 35.5. The van der Waals surface area contributed by atoms with Gasteiger partial charge in [-0.2, -0.15) is 0 Å². The van der Waals surface area contributed by atoms with Gasteiger partial charge in [-0.25, -0.2) is 4.98 Å². The average molecular weight is 324 g/mol. The molecule has 2 rings (SSSR count). The summed E-state index contributed by atoms with van der Waals surface area (Å²) in [5, 5.41) is 4.43. The molecule has 112 valence electrons. The molecular formula is C15H18ClN3OS. The summed E-state index contributed by atoms with van der Waals surface area (Å²) in [5.41, 5.74) is 1.80. The SMILES string of the molecule is CCCc1cc(=O)[nH]c(Sc2ccc(Cl)cc2CNC)n1. The molecule has 2 aromatic rings. The molecule has 0 bridgehead atoms. The Balaban J connectivity index is 2.31. The Bertz CT molecular complexity index is 672. The number of hydrogen-bond acceptors (Lipinski definition) is 4. The fourth-order valence-corrected chi connectivity index (χ4v) is 3.11. The maximum Gasteiger partial charge on any atom is 0.251 e. The second-order valence-electron chi connectivity index (χ2n) is 4.68. The smallest absolute Gasteiger partial charge is 0.251 e. The molecule has 0 unspecified atom stereocenters. The highest BCUT2D eigenvalue weighted by Gasteiger charge is 2.08. The van der Waals surface area contributed by atoms with E-state index >= 15 is 0 Å². The summed E-state index contributed by atoms with van der Waals surface area (Å²) < 4.78 is 0. The summed E-state index contributed by atoms with van der Waals surface area (Å²) >= 11 is 7.49. The van der Waals surface area contributed by atoms with Crippen molar-refractivity contribution in [1.82, 2.24) is 15.3 Å². The fraction of sp³-hybridized carbons (Fsp3) is 0.333. The molecule has 1 aromatic carbocycles. The van der Waals surface area contributed by atoms with Crippen molar-refractivity contribution in [3.8, 4) is 0 Å². The van der Waals surface area contributed by atoms with Gasteiger partial charge >= 0.3 is 0 Å². The molecule has 2 N–H and O–H groups in total. The molecule has 4 nitrogen and oxygen atoms in total. The van der Waals surface area contributed by atoms with Crippen molar-refractivity contribution in [2.24, 2.45) is 0 Å². The van der Waals surface area contributed by atoms with E-state index in [4.69, 9.17) is 11.6 Å². The van der Waals surface area contributed by atoms with E-state index in [0.29, 0.717) is 16.7 Å². The van der Waals surface area contributed by atoms with Crippen LogP contribution in [-0.4, -0.2) is 17.0 Å². The number of nitrogens with one attached hydrogen (secondary N) is 2. The van der Waals surface area contributed by atoms with Crippen LogP contribution in [0.1, 0.15) is 24.6 Å². The third-order valence-corrected chi connectivity index (χ3v) is 4.12. The van der Waals surface area contributed by atoms with Gasteiger partial charge in [0.1, 0.15) is 0 Å². The molecule has 1 heterocycles.